The van der Waals surface area contributed by atoms with E-state index >= 15 is 0 Å². The lowest BCUT2D eigenvalue weighted by molar-refractivity contribution is -0.450. The van der Waals surface area contributed by atoms with Gasteiger partial charge in [0.15, 0.2) is 0 Å². The number of carboxylic acid groups (broad SMARTS) is 1. The van der Waals surface area contributed by atoms with Crippen LogP contribution < -0.4 is 0 Å². The van der Waals surface area contributed by atoms with Gasteiger partial charge >= 0.3 is 47.7 Å². The Kier molecular flexibility index (Phi) is 5.11. The van der Waals surface area contributed by atoms with Crippen LogP contribution in [0.5, 0.6) is 0 Å². The number of rotatable bonds is 6. The maximum atomic E-state index is 12.8. The molecule has 0 aromatic rings. The molecular formula is C8HF15O2. The van der Waals surface area contributed by atoms with Gasteiger partial charge in [-0.15, -0.1) is 0 Å². The predicted molar refractivity (Wildman–Crippen MR) is 43.4 cm³/mol. The van der Waals surface area contributed by atoms with Gasteiger partial charge in [-0.25, -0.2) is 4.79 Å². The minimum atomic E-state index is -8.47. The van der Waals surface area contributed by atoms with E-state index in [1.165, 1.54) is 0 Å². The van der Waals surface area contributed by atoms with Gasteiger partial charge in [-0.1, -0.05) is 0 Å². The number of carbonyl (C=O) groups is 1. The number of halogens is 15. The number of alkyl halides is 15. The predicted octanol–water partition coefficient (Wildman–Crippen LogP) is 4.45. The van der Waals surface area contributed by atoms with Crippen LogP contribution in [0, 0.1) is 0 Å². The molecule has 0 heterocycles. The molecule has 2 nitrogen and oxygen atoms in total. The van der Waals surface area contributed by atoms with E-state index in [1.54, 1.807) is 0 Å². The highest BCUT2D eigenvalue weighted by Crippen LogP contribution is 2.62. The average molecular weight is 416 g/mol. The van der Waals surface area contributed by atoms with Gasteiger partial charge in [0, 0.05) is 0 Å². The summed E-state index contributed by atoms with van der Waals surface area (Å²) in [5.41, 5.74) is 0. The fraction of sp³-hybridized carbons (Fsp3) is 0.875. The van der Waals surface area contributed by atoms with Crippen molar-refractivity contribution in [2.24, 2.45) is 0 Å². The molecule has 0 bridgehead atoms. The van der Waals surface area contributed by atoms with Gasteiger partial charge in [-0.3, -0.25) is 0 Å². The average Bonchev–Trinajstić information content (AvgIpc) is 2.35. The molecule has 0 aliphatic rings. The summed E-state index contributed by atoms with van der Waals surface area (Å²) in [5, 5.41) is 7.57. The van der Waals surface area contributed by atoms with E-state index in [0.29, 0.717) is 0 Å². The second kappa shape index (κ2) is 5.46. The topological polar surface area (TPSA) is 37.3 Å². The van der Waals surface area contributed by atoms with Crippen LogP contribution in [-0.2, 0) is 4.79 Å². The first-order valence-electron chi connectivity index (χ1n) is 5.01. The summed E-state index contributed by atoms with van der Waals surface area (Å²) in [6.07, 6.45) is -7.69. The van der Waals surface area contributed by atoms with Crippen LogP contribution in [0.15, 0.2) is 0 Å². The van der Waals surface area contributed by atoms with Gasteiger partial charge in [-0.2, -0.15) is 65.9 Å². The van der Waals surface area contributed by atoms with Crippen molar-refractivity contribution >= 4 is 5.97 Å². The molecule has 150 valence electrons. The summed E-state index contributed by atoms with van der Waals surface area (Å²) in [5.74, 6) is -52.8. The van der Waals surface area contributed by atoms with Crippen molar-refractivity contribution in [2.75, 3.05) is 0 Å². The highest BCUT2D eigenvalue weighted by Gasteiger charge is 2.94. The molecule has 0 unspecified atom stereocenters. The Labute approximate surface area is 125 Å². The monoisotopic (exact) mass is 416 g/mol. The molecule has 0 amide bonds. The van der Waals surface area contributed by atoms with E-state index in [0.717, 1.165) is 0 Å². The van der Waals surface area contributed by atoms with Crippen molar-refractivity contribution in [1.82, 2.24) is 0 Å². The molecule has 17 heteroatoms. The minimum absolute atomic E-state index is 4.28. The minimum Gasteiger partial charge on any atom is -0.477 e. The number of hydrogen-bond acceptors (Lipinski definition) is 1. The Morgan fingerprint density at radius 2 is 0.720 bits per heavy atom. The molecule has 0 aromatic carbocycles. The van der Waals surface area contributed by atoms with Crippen LogP contribution in [0.3, 0.4) is 0 Å². The summed E-state index contributed by atoms with van der Waals surface area (Å²) < 4.78 is 187. The standard InChI is InChI=1S/C8HF15O2/c9-2(10,1(24)25)3(11,12)4(13,14)5(15,16)6(17,18)7(19,20)8(21,22)23/h(H,24,25)/i1+2. The lowest BCUT2D eigenvalue weighted by atomic mass is 9.93. The molecule has 0 atom stereocenters. The van der Waals surface area contributed by atoms with Crippen molar-refractivity contribution in [3.8, 4) is 0 Å². The molecule has 0 radical (unpaired) electrons. The summed E-state index contributed by atoms with van der Waals surface area (Å²) in [6.45, 7) is 0. The van der Waals surface area contributed by atoms with Crippen LogP contribution in [-0.4, -0.2) is 52.8 Å². The first kappa shape index (κ1) is 23.4. The number of hydrogen-bond donors (Lipinski definition) is 1. The molecule has 0 spiro atoms. The molecule has 0 saturated carbocycles. The first-order valence-corrected chi connectivity index (χ1v) is 5.01. The Morgan fingerprint density at radius 3 is 0.960 bits per heavy atom. The van der Waals surface area contributed by atoms with Crippen LogP contribution in [0.1, 0.15) is 0 Å². The van der Waals surface area contributed by atoms with Gasteiger partial charge in [-0.05, 0) is 0 Å². The largest absolute Gasteiger partial charge is 0.477 e. The van der Waals surface area contributed by atoms with Crippen LogP contribution in [0.4, 0.5) is 65.9 Å². The Balaban J connectivity index is 6.55. The Morgan fingerprint density at radius 1 is 0.480 bits per heavy atom. The molecular weight excluding hydrogens is 415 g/mol. The zero-order valence-corrected chi connectivity index (χ0v) is 10.5. The fourth-order valence-corrected chi connectivity index (χ4v) is 1.10. The molecule has 1 N–H and O–H groups in total. The van der Waals surface area contributed by atoms with E-state index in [-0.39, 0.29) is 0 Å². The van der Waals surface area contributed by atoms with Gasteiger partial charge < -0.3 is 5.11 Å². The maximum Gasteiger partial charge on any atom is 0.460 e. The normalized spacial score (nSPS) is 16.1. The Hall–Kier alpha value is -1.58. The number of aliphatic carboxylic acids is 1. The lowest BCUT2D eigenvalue weighted by Gasteiger charge is -2.40. The lowest BCUT2D eigenvalue weighted by Crippen LogP contribution is -2.73. The van der Waals surface area contributed by atoms with Crippen molar-refractivity contribution in [1.29, 1.82) is 0 Å². The quantitative estimate of drug-likeness (QED) is 0.651. The third kappa shape index (κ3) is 2.74. The van der Waals surface area contributed by atoms with E-state index in [4.69, 9.17) is 5.11 Å². The second-order valence-corrected chi connectivity index (χ2v) is 4.25. The molecule has 0 aliphatic carbocycles. The molecule has 0 aromatic heterocycles. The third-order valence-electron chi connectivity index (χ3n) is 2.60. The van der Waals surface area contributed by atoms with Gasteiger partial charge in [0.2, 0.25) is 0 Å². The van der Waals surface area contributed by atoms with E-state index in [1.807, 2.05) is 0 Å². The summed E-state index contributed by atoms with van der Waals surface area (Å²) >= 11 is 0. The van der Waals surface area contributed by atoms with Crippen molar-refractivity contribution in [3.63, 3.8) is 0 Å². The zero-order chi connectivity index (χ0) is 21.1. The molecule has 25 heavy (non-hydrogen) atoms. The van der Waals surface area contributed by atoms with Gasteiger partial charge in [0.25, 0.3) is 0 Å². The summed E-state index contributed by atoms with van der Waals surface area (Å²) in [4.78, 5) is 9.72. The highest BCUT2D eigenvalue weighted by atomic mass is 19.4. The zero-order valence-electron chi connectivity index (χ0n) is 10.5. The fourth-order valence-electron chi connectivity index (χ4n) is 1.10. The first-order chi connectivity index (χ1) is 10.4. The summed E-state index contributed by atoms with van der Waals surface area (Å²) in [7, 11) is 0. The van der Waals surface area contributed by atoms with Crippen LogP contribution in [0.2, 0.25) is 0 Å². The molecule has 0 saturated heterocycles. The van der Waals surface area contributed by atoms with Gasteiger partial charge in [0.1, 0.15) is 0 Å². The smallest absolute Gasteiger partial charge is 0.460 e. The van der Waals surface area contributed by atoms with Crippen molar-refractivity contribution in [3.05, 3.63) is 0 Å². The SMILES string of the molecule is O=[14C](O)C(F)(F)C(F)(F)C(F)(F)C(F)(F)C(F)(F)C(F)(F)C(F)(F)F. The number of carboxylic acids is 1. The van der Waals surface area contributed by atoms with Crippen molar-refractivity contribution < 1.29 is 75.8 Å². The van der Waals surface area contributed by atoms with Crippen LogP contribution >= 0.6 is 0 Å². The van der Waals surface area contributed by atoms with Crippen molar-refractivity contribution in [2.45, 2.75) is 41.7 Å². The van der Waals surface area contributed by atoms with E-state index in [9.17, 15) is 70.7 Å². The van der Waals surface area contributed by atoms with E-state index in [2.05, 4.69) is 0 Å². The second-order valence-electron chi connectivity index (χ2n) is 4.25. The summed E-state index contributed by atoms with van der Waals surface area (Å²) in [6, 6.07) is 0. The van der Waals surface area contributed by atoms with Gasteiger partial charge in [0.05, 0.1) is 0 Å². The Bertz CT molecular complexity index is 530. The maximum absolute atomic E-state index is 12.8. The van der Waals surface area contributed by atoms with E-state index < -0.39 is 47.7 Å². The molecule has 0 fully saturated rings. The highest BCUT2D eigenvalue weighted by molar-refractivity contribution is 5.77. The third-order valence-corrected chi connectivity index (χ3v) is 2.60. The molecule has 0 rings (SSSR count). The molecule has 0 aliphatic heterocycles. The van der Waals surface area contributed by atoms with Crippen LogP contribution in [0.25, 0.3) is 0 Å².